The van der Waals surface area contributed by atoms with Gasteiger partial charge in [0.25, 0.3) is 0 Å². The van der Waals surface area contributed by atoms with Gasteiger partial charge in [-0.2, -0.15) is 0 Å². The first-order chi connectivity index (χ1) is 5.10. The minimum Gasteiger partial charge on any atom is -0.299 e. The van der Waals surface area contributed by atoms with Gasteiger partial charge in [0.1, 0.15) is 5.78 Å². The number of hydrogen-bond acceptors (Lipinski definition) is 1. The van der Waals surface area contributed by atoms with Crippen LogP contribution in [0.1, 0.15) is 33.6 Å². The van der Waals surface area contributed by atoms with Crippen LogP contribution in [0.15, 0.2) is 0 Å². The summed E-state index contributed by atoms with van der Waals surface area (Å²) >= 11 is 0. The molecule has 0 saturated heterocycles. The second-order valence-electron chi connectivity index (χ2n) is 4.55. The van der Waals surface area contributed by atoms with Crippen LogP contribution in [0.5, 0.6) is 0 Å². The lowest BCUT2D eigenvalue weighted by Crippen LogP contribution is -2.10. The third-order valence-electron chi connectivity index (χ3n) is 3.83. The number of hydrogen-bond donors (Lipinski definition) is 0. The maximum absolute atomic E-state index is 11.5. The maximum atomic E-state index is 11.5. The number of carbonyl (C=O) groups excluding carboxylic acids is 1. The molecule has 2 fully saturated rings. The van der Waals surface area contributed by atoms with E-state index in [4.69, 9.17) is 0 Å². The molecule has 0 amide bonds. The topological polar surface area (TPSA) is 17.1 Å². The van der Waals surface area contributed by atoms with Gasteiger partial charge in [0.15, 0.2) is 0 Å². The number of rotatable bonds is 1. The Kier molecular flexibility index (Phi) is 1.25. The van der Waals surface area contributed by atoms with Crippen molar-refractivity contribution in [3.63, 3.8) is 0 Å². The predicted molar refractivity (Wildman–Crippen MR) is 44.2 cm³/mol. The SMILES string of the molecule is CC(C)[C@@]12CC[C@@H](C)[C@@H]1C2=O. The molecule has 0 bridgehead atoms. The molecule has 2 rings (SSSR count). The van der Waals surface area contributed by atoms with Gasteiger partial charge in [-0.3, -0.25) is 4.79 Å². The summed E-state index contributed by atoms with van der Waals surface area (Å²) in [6.07, 6.45) is 2.43. The molecule has 0 aromatic rings. The highest BCUT2D eigenvalue weighted by molar-refractivity contribution is 6.05. The Labute approximate surface area is 68.2 Å². The Bertz CT molecular complexity index is 207. The molecule has 2 aliphatic rings. The van der Waals surface area contributed by atoms with Gasteiger partial charge in [0.05, 0.1) is 0 Å². The molecule has 0 heterocycles. The quantitative estimate of drug-likeness (QED) is 0.563. The standard InChI is InChI=1S/C10H16O/c1-6(2)10-5-4-7(3)8(10)9(10)11/h6-8H,4-5H2,1-3H3/t7-,8-,10+/m1/s1. The Hall–Kier alpha value is -0.330. The van der Waals surface area contributed by atoms with Crippen LogP contribution in [0, 0.1) is 23.2 Å². The molecule has 1 nitrogen and oxygen atoms in total. The summed E-state index contributed by atoms with van der Waals surface area (Å²) < 4.78 is 0. The van der Waals surface area contributed by atoms with Crippen molar-refractivity contribution in [2.45, 2.75) is 33.6 Å². The summed E-state index contributed by atoms with van der Waals surface area (Å²) in [7, 11) is 0. The molecule has 11 heavy (non-hydrogen) atoms. The van der Waals surface area contributed by atoms with Gasteiger partial charge in [0, 0.05) is 11.3 Å². The van der Waals surface area contributed by atoms with Crippen LogP contribution in [0.25, 0.3) is 0 Å². The van der Waals surface area contributed by atoms with Crippen LogP contribution < -0.4 is 0 Å². The molecule has 1 heteroatoms. The summed E-state index contributed by atoms with van der Waals surface area (Å²) in [6, 6.07) is 0. The van der Waals surface area contributed by atoms with Crippen molar-refractivity contribution >= 4 is 5.78 Å². The fourth-order valence-corrected chi connectivity index (χ4v) is 3.00. The molecule has 0 aliphatic heterocycles. The van der Waals surface area contributed by atoms with Crippen molar-refractivity contribution in [2.75, 3.05) is 0 Å². The summed E-state index contributed by atoms with van der Waals surface area (Å²) in [5.41, 5.74) is 0.152. The second-order valence-corrected chi connectivity index (χ2v) is 4.55. The van der Waals surface area contributed by atoms with Gasteiger partial charge in [-0.1, -0.05) is 20.8 Å². The van der Waals surface area contributed by atoms with Crippen LogP contribution in [0.3, 0.4) is 0 Å². The molecular weight excluding hydrogens is 136 g/mol. The fourth-order valence-electron chi connectivity index (χ4n) is 3.00. The average molecular weight is 152 g/mol. The highest BCUT2D eigenvalue weighted by Crippen LogP contribution is 2.66. The minimum absolute atomic E-state index is 0.152. The molecule has 0 spiro atoms. The monoisotopic (exact) mass is 152 g/mol. The van der Waals surface area contributed by atoms with E-state index in [1.54, 1.807) is 0 Å². The van der Waals surface area contributed by atoms with E-state index in [0.717, 1.165) is 6.42 Å². The molecular formula is C10H16O. The van der Waals surface area contributed by atoms with Crippen molar-refractivity contribution in [2.24, 2.45) is 23.2 Å². The van der Waals surface area contributed by atoms with E-state index in [0.29, 0.717) is 23.5 Å². The van der Waals surface area contributed by atoms with Gasteiger partial charge >= 0.3 is 0 Å². The first-order valence-corrected chi connectivity index (χ1v) is 4.65. The normalized spacial score (nSPS) is 48.2. The van der Waals surface area contributed by atoms with Gasteiger partial charge < -0.3 is 0 Å². The lowest BCUT2D eigenvalue weighted by Gasteiger charge is -2.12. The van der Waals surface area contributed by atoms with Crippen LogP contribution in [-0.2, 0) is 4.79 Å². The van der Waals surface area contributed by atoms with E-state index in [1.165, 1.54) is 6.42 Å². The molecule has 0 N–H and O–H groups in total. The van der Waals surface area contributed by atoms with E-state index < -0.39 is 0 Å². The first-order valence-electron chi connectivity index (χ1n) is 4.65. The molecule has 62 valence electrons. The largest absolute Gasteiger partial charge is 0.299 e. The maximum Gasteiger partial charge on any atom is 0.144 e. The van der Waals surface area contributed by atoms with Gasteiger partial charge in [-0.15, -0.1) is 0 Å². The van der Waals surface area contributed by atoms with Crippen molar-refractivity contribution in [1.82, 2.24) is 0 Å². The van der Waals surface area contributed by atoms with E-state index in [2.05, 4.69) is 20.8 Å². The zero-order valence-corrected chi connectivity index (χ0v) is 7.55. The molecule has 2 aliphatic carbocycles. The minimum atomic E-state index is 0.152. The van der Waals surface area contributed by atoms with E-state index in [-0.39, 0.29) is 5.41 Å². The van der Waals surface area contributed by atoms with Crippen molar-refractivity contribution < 1.29 is 4.79 Å². The Morgan fingerprint density at radius 2 is 2.18 bits per heavy atom. The molecule has 0 aromatic carbocycles. The van der Waals surface area contributed by atoms with Crippen LogP contribution in [0.4, 0.5) is 0 Å². The zero-order chi connectivity index (χ0) is 8.22. The first kappa shape index (κ1) is 7.33. The van der Waals surface area contributed by atoms with E-state index in [9.17, 15) is 4.79 Å². The Balaban J connectivity index is 2.25. The number of Topliss-reactive ketones (excluding diaryl/α,β-unsaturated/α-hetero) is 1. The van der Waals surface area contributed by atoms with E-state index >= 15 is 0 Å². The average Bonchev–Trinajstić information content (AvgIpc) is 2.32. The van der Waals surface area contributed by atoms with Gasteiger partial charge in [0.2, 0.25) is 0 Å². The van der Waals surface area contributed by atoms with Crippen LogP contribution in [0.2, 0.25) is 0 Å². The number of ketones is 1. The van der Waals surface area contributed by atoms with E-state index in [1.807, 2.05) is 0 Å². The Morgan fingerprint density at radius 3 is 2.45 bits per heavy atom. The summed E-state index contributed by atoms with van der Waals surface area (Å²) in [4.78, 5) is 11.5. The Morgan fingerprint density at radius 1 is 1.55 bits per heavy atom. The smallest absolute Gasteiger partial charge is 0.144 e. The third kappa shape index (κ3) is 0.646. The molecule has 3 atom stereocenters. The van der Waals surface area contributed by atoms with Gasteiger partial charge in [-0.05, 0) is 24.7 Å². The molecule has 2 saturated carbocycles. The lowest BCUT2D eigenvalue weighted by molar-refractivity contribution is -0.115. The van der Waals surface area contributed by atoms with Crippen LogP contribution in [-0.4, -0.2) is 5.78 Å². The van der Waals surface area contributed by atoms with Gasteiger partial charge in [-0.25, -0.2) is 0 Å². The fraction of sp³-hybridized carbons (Fsp3) is 0.900. The van der Waals surface area contributed by atoms with Crippen molar-refractivity contribution in [3.8, 4) is 0 Å². The summed E-state index contributed by atoms with van der Waals surface area (Å²) in [6.45, 7) is 6.60. The van der Waals surface area contributed by atoms with Crippen molar-refractivity contribution in [1.29, 1.82) is 0 Å². The van der Waals surface area contributed by atoms with Crippen LogP contribution >= 0.6 is 0 Å². The lowest BCUT2D eigenvalue weighted by atomic mass is 9.90. The summed E-state index contributed by atoms with van der Waals surface area (Å²) in [5.74, 6) is 2.25. The summed E-state index contributed by atoms with van der Waals surface area (Å²) in [5, 5.41) is 0. The highest BCUT2D eigenvalue weighted by Gasteiger charge is 2.70. The molecule has 0 unspecified atom stereocenters. The number of fused-ring (bicyclic) bond motifs is 1. The highest BCUT2D eigenvalue weighted by atomic mass is 16.1. The zero-order valence-electron chi connectivity index (χ0n) is 7.55. The number of carbonyl (C=O) groups is 1. The molecule has 0 aromatic heterocycles. The second kappa shape index (κ2) is 1.88. The third-order valence-corrected chi connectivity index (χ3v) is 3.83. The predicted octanol–water partition coefficient (Wildman–Crippen LogP) is 2.26. The van der Waals surface area contributed by atoms with Crippen molar-refractivity contribution in [3.05, 3.63) is 0 Å². The molecule has 0 radical (unpaired) electrons.